The fraction of sp³-hybridized carbons (Fsp3) is 0.357. The van der Waals surface area contributed by atoms with Crippen LogP contribution in [0.4, 0.5) is 0 Å². The highest BCUT2D eigenvalue weighted by Gasteiger charge is 2.22. The minimum absolute atomic E-state index is 0.585. The average Bonchev–Trinajstić information content (AvgIpc) is 2.75. The number of aromatic nitrogens is 1. The standard InChI is InChI=1S/C14H16ClN3O/c1-18(12-6-16-7-12)9-14-17-8-13(19-14)10-3-2-4-11(15)5-10/h2-5,8,12,16H,6-7,9H2,1H3. The van der Waals surface area contributed by atoms with Crippen LogP contribution in [0.5, 0.6) is 0 Å². The molecule has 1 aromatic carbocycles. The van der Waals surface area contributed by atoms with Crippen LogP contribution in [0.1, 0.15) is 5.89 Å². The van der Waals surface area contributed by atoms with Gasteiger partial charge in [-0.25, -0.2) is 4.98 Å². The predicted octanol–water partition coefficient (Wildman–Crippen LogP) is 2.40. The normalized spacial score (nSPS) is 15.7. The van der Waals surface area contributed by atoms with E-state index in [0.29, 0.717) is 11.1 Å². The van der Waals surface area contributed by atoms with E-state index >= 15 is 0 Å². The molecule has 1 aliphatic rings. The molecule has 4 nitrogen and oxygen atoms in total. The first-order valence-electron chi connectivity index (χ1n) is 6.34. The Morgan fingerprint density at radius 3 is 3.00 bits per heavy atom. The molecule has 100 valence electrons. The van der Waals surface area contributed by atoms with Crippen LogP contribution in [0.15, 0.2) is 34.9 Å². The van der Waals surface area contributed by atoms with E-state index in [1.54, 1.807) is 6.20 Å². The molecule has 0 amide bonds. The van der Waals surface area contributed by atoms with E-state index in [1.165, 1.54) is 0 Å². The van der Waals surface area contributed by atoms with Crippen molar-refractivity contribution in [1.29, 1.82) is 0 Å². The van der Waals surface area contributed by atoms with Crippen molar-refractivity contribution in [3.63, 3.8) is 0 Å². The van der Waals surface area contributed by atoms with Crippen LogP contribution in [-0.4, -0.2) is 36.1 Å². The molecule has 1 aromatic heterocycles. The maximum absolute atomic E-state index is 5.98. The molecule has 0 saturated carbocycles. The van der Waals surface area contributed by atoms with E-state index in [9.17, 15) is 0 Å². The summed E-state index contributed by atoms with van der Waals surface area (Å²) < 4.78 is 5.78. The third-order valence-corrected chi connectivity index (χ3v) is 3.67. The van der Waals surface area contributed by atoms with Crippen LogP contribution in [-0.2, 0) is 6.54 Å². The van der Waals surface area contributed by atoms with Gasteiger partial charge in [0, 0.05) is 29.7 Å². The third-order valence-electron chi connectivity index (χ3n) is 3.43. The minimum atomic E-state index is 0.585. The number of nitrogens with zero attached hydrogens (tertiary/aromatic N) is 2. The zero-order chi connectivity index (χ0) is 13.2. The fourth-order valence-electron chi connectivity index (χ4n) is 2.09. The number of hydrogen-bond acceptors (Lipinski definition) is 4. The van der Waals surface area contributed by atoms with Crippen LogP contribution in [0.25, 0.3) is 11.3 Å². The van der Waals surface area contributed by atoms with E-state index in [-0.39, 0.29) is 0 Å². The lowest BCUT2D eigenvalue weighted by Gasteiger charge is -2.34. The molecule has 0 atom stereocenters. The second-order valence-electron chi connectivity index (χ2n) is 4.86. The van der Waals surface area contributed by atoms with E-state index in [1.807, 2.05) is 24.3 Å². The zero-order valence-corrected chi connectivity index (χ0v) is 11.5. The van der Waals surface area contributed by atoms with Crippen LogP contribution < -0.4 is 5.32 Å². The van der Waals surface area contributed by atoms with Crippen molar-refractivity contribution in [2.24, 2.45) is 0 Å². The van der Waals surface area contributed by atoms with E-state index in [0.717, 1.165) is 36.8 Å². The summed E-state index contributed by atoms with van der Waals surface area (Å²) >= 11 is 5.98. The maximum Gasteiger partial charge on any atom is 0.209 e. The predicted molar refractivity (Wildman–Crippen MR) is 75.1 cm³/mol. The summed E-state index contributed by atoms with van der Waals surface area (Å²) in [4.78, 5) is 6.59. The van der Waals surface area contributed by atoms with Crippen LogP contribution >= 0.6 is 11.6 Å². The molecule has 1 saturated heterocycles. The van der Waals surface area contributed by atoms with Gasteiger partial charge in [-0.05, 0) is 19.2 Å². The summed E-state index contributed by atoms with van der Waals surface area (Å²) in [7, 11) is 2.09. The maximum atomic E-state index is 5.98. The second kappa shape index (κ2) is 5.33. The number of likely N-dealkylation sites (N-methyl/N-ethyl adjacent to an activating group) is 1. The summed E-state index contributed by atoms with van der Waals surface area (Å²) in [5.74, 6) is 1.50. The number of benzene rings is 1. The van der Waals surface area contributed by atoms with E-state index < -0.39 is 0 Å². The first-order valence-corrected chi connectivity index (χ1v) is 6.72. The Labute approximate surface area is 117 Å². The SMILES string of the molecule is CN(Cc1ncc(-c2cccc(Cl)c2)o1)C1CNC1. The van der Waals surface area contributed by atoms with E-state index in [4.69, 9.17) is 16.0 Å². The van der Waals surface area contributed by atoms with Gasteiger partial charge in [0.25, 0.3) is 0 Å². The van der Waals surface area contributed by atoms with Crippen molar-refractivity contribution < 1.29 is 4.42 Å². The van der Waals surface area contributed by atoms with Gasteiger partial charge in [0.05, 0.1) is 12.7 Å². The lowest BCUT2D eigenvalue weighted by atomic mass is 10.1. The fourth-order valence-corrected chi connectivity index (χ4v) is 2.28. The molecule has 0 spiro atoms. The summed E-state index contributed by atoms with van der Waals surface area (Å²) in [6.45, 7) is 2.81. The molecule has 0 aliphatic carbocycles. The monoisotopic (exact) mass is 277 g/mol. The van der Waals surface area contributed by atoms with Crippen molar-refractivity contribution in [2.75, 3.05) is 20.1 Å². The molecule has 2 heterocycles. The largest absolute Gasteiger partial charge is 0.439 e. The number of hydrogen-bond donors (Lipinski definition) is 1. The Kier molecular flexibility index (Phi) is 3.55. The summed E-state index contributed by atoms with van der Waals surface area (Å²) in [6, 6.07) is 8.19. The number of nitrogens with one attached hydrogen (secondary N) is 1. The van der Waals surface area contributed by atoms with Crippen LogP contribution in [0.3, 0.4) is 0 Å². The molecular formula is C14H16ClN3O. The van der Waals surface area contributed by atoms with Crippen molar-refractivity contribution in [2.45, 2.75) is 12.6 Å². The Balaban J connectivity index is 1.72. The average molecular weight is 278 g/mol. The van der Waals surface area contributed by atoms with Gasteiger partial charge >= 0.3 is 0 Å². The van der Waals surface area contributed by atoms with Crippen molar-refractivity contribution in [3.8, 4) is 11.3 Å². The number of halogens is 1. The van der Waals surface area contributed by atoms with Gasteiger partial charge < -0.3 is 9.73 Å². The molecule has 0 radical (unpaired) electrons. The summed E-state index contributed by atoms with van der Waals surface area (Å²) in [5, 5.41) is 3.96. The highest BCUT2D eigenvalue weighted by molar-refractivity contribution is 6.30. The third kappa shape index (κ3) is 2.81. The Hall–Kier alpha value is -1.36. The Morgan fingerprint density at radius 1 is 1.47 bits per heavy atom. The van der Waals surface area contributed by atoms with Gasteiger partial charge in [-0.3, -0.25) is 4.90 Å². The second-order valence-corrected chi connectivity index (χ2v) is 5.29. The van der Waals surface area contributed by atoms with Crippen molar-refractivity contribution in [1.82, 2.24) is 15.2 Å². The Morgan fingerprint density at radius 2 is 2.32 bits per heavy atom. The van der Waals surface area contributed by atoms with Gasteiger partial charge in [-0.2, -0.15) is 0 Å². The lowest BCUT2D eigenvalue weighted by Crippen LogP contribution is -2.55. The number of oxazole rings is 1. The van der Waals surface area contributed by atoms with Gasteiger partial charge in [-0.15, -0.1) is 0 Å². The molecule has 0 bridgehead atoms. The van der Waals surface area contributed by atoms with Crippen molar-refractivity contribution in [3.05, 3.63) is 41.4 Å². The van der Waals surface area contributed by atoms with Gasteiger partial charge in [0.2, 0.25) is 5.89 Å². The van der Waals surface area contributed by atoms with Gasteiger partial charge in [0.1, 0.15) is 0 Å². The molecule has 19 heavy (non-hydrogen) atoms. The van der Waals surface area contributed by atoms with Crippen LogP contribution in [0, 0.1) is 0 Å². The first kappa shape index (κ1) is 12.7. The number of rotatable bonds is 4. The lowest BCUT2D eigenvalue weighted by molar-refractivity contribution is 0.160. The minimum Gasteiger partial charge on any atom is -0.439 e. The van der Waals surface area contributed by atoms with Gasteiger partial charge in [-0.1, -0.05) is 23.7 Å². The summed E-state index contributed by atoms with van der Waals surface area (Å²) in [5.41, 5.74) is 0.958. The van der Waals surface area contributed by atoms with Crippen LogP contribution in [0.2, 0.25) is 5.02 Å². The van der Waals surface area contributed by atoms with E-state index in [2.05, 4.69) is 22.2 Å². The molecule has 2 aromatic rings. The quantitative estimate of drug-likeness (QED) is 0.932. The van der Waals surface area contributed by atoms with Gasteiger partial charge in [0.15, 0.2) is 5.76 Å². The highest BCUT2D eigenvalue weighted by Crippen LogP contribution is 2.24. The molecule has 1 aliphatic heterocycles. The molecule has 1 N–H and O–H groups in total. The highest BCUT2D eigenvalue weighted by atomic mass is 35.5. The smallest absolute Gasteiger partial charge is 0.209 e. The molecular weight excluding hydrogens is 262 g/mol. The topological polar surface area (TPSA) is 41.3 Å². The summed E-state index contributed by atoms with van der Waals surface area (Å²) in [6.07, 6.45) is 1.76. The molecule has 1 fully saturated rings. The zero-order valence-electron chi connectivity index (χ0n) is 10.8. The molecule has 5 heteroatoms. The van der Waals surface area contributed by atoms with Crippen molar-refractivity contribution >= 4 is 11.6 Å². The first-order chi connectivity index (χ1) is 9.22. The Bertz CT molecular complexity index is 565. The molecule has 3 rings (SSSR count). The molecule has 0 unspecified atom stereocenters.